The Morgan fingerprint density at radius 3 is 1.57 bits per heavy atom. The van der Waals surface area contributed by atoms with E-state index in [2.05, 4.69) is 55.5 Å². The minimum atomic E-state index is 0.540. The van der Waals surface area contributed by atoms with Gasteiger partial charge in [-0.1, -0.05) is 68.4 Å². The molecule has 1 fully saturated rings. The summed E-state index contributed by atoms with van der Waals surface area (Å²) in [5.74, 6) is 0.959. The van der Waals surface area contributed by atoms with E-state index in [0.717, 1.165) is 18.8 Å². The lowest BCUT2D eigenvalue weighted by Gasteiger charge is -2.35. The second-order valence-corrected chi connectivity index (χ2v) is 7.00. The maximum absolute atomic E-state index is 2.55. The molecule has 0 aromatic heterocycles. The standard InChI is InChI=1S/C21H32/c1-21(20-16-12-13-17-20)18-14-10-8-6-4-2-3-5-7-9-11-15-19-21/h4-11,20H,2-3,12-19H2,1H3/b6-4+,7-5+,10-8+,11-9+. The normalized spacial score (nSPS) is 30.9. The Bertz CT molecular complexity index is 360. The average molecular weight is 284 g/mol. The van der Waals surface area contributed by atoms with Crippen LogP contribution in [0.5, 0.6) is 0 Å². The zero-order valence-electron chi connectivity index (χ0n) is 13.8. The van der Waals surface area contributed by atoms with E-state index in [0.29, 0.717) is 5.41 Å². The lowest BCUT2D eigenvalue weighted by atomic mass is 9.70. The molecule has 0 saturated heterocycles. The van der Waals surface area contributed by atoms with E-state index in [-0.39, 0.29) is 0 Å². The Hall–Kier alpha value is -1.04. The summed E-state index contributed by atoms with van der Waals surface area (Å²) in [5.41, 5.74) is 0.540. The van der Waals surface area contributed by atoms with Crippen LogP contribution in [0.1, 0.15) is 71.1 Å². The number of rotatable bonds is 1. The molecule has 0 radical (unpaired) electrons. The molecule has 0 bridgehead atoms. The molecule has 0 aromatic rings. The van der Waals surface area contributed by atoms with Gasteiger partial charge >= 0.3 is 0 Å². The van der Waals surface area contributed by atoms with Crippen LogP contribution in [-0.2, 0) is 0 Å². The molecule has 21 heavy (non-hydrogen) atoms. The second-order valence-electron chi connectivity index (χ2n) is 7.00. The predicted octanol–water partition coefficient (Wildman–Crippen LogP) is 6.76. The van der Waals surface area contributed by atoms with Crippen LogP contribution in [0.4, 0.5) is 0 Å². The van der Waals surface area contributed by atoms with Gasteiger partial charge < -0.3 is 0 Å². The van der Waals surface area contributed by atoms with Crippen LogP contribution in [0.3, 0.4) is 0 Å². The first-order valence-corrected chi connectivity index (χ1v) is 8.95. The molecule has 0 unspecified atom stereocenters. The first kappa shape index (κ1) is 16.3. The molecular weight excluding hydrogens is 252 g/mol. The van der Waals surface area contributed by atoms with Crippen molar-refractivity contribution in [3.63, 3.8) is 0 Å². The Balaban J connectivity index is 2.00. The molecule has 0 spiro atoms. The summed E-state index contributed by atoms with van der Waals surface area (Å²) in [5, 5.41) is 0. The predicted molar refractivity (Wildman–Crippen MR) is 94.3 cm³/mol. The van der Waals surface area contributed by atoms with Gasteiger partial charge in [-0.2, -0.15) is 0 Å². The molecule has 0 amide bonds. The van der Waals surface area contributed by atoms with Crippen molar-refractivity contribution in [2.24, 2.45) is 11.3 Å². The highest BCUT2D eigenvalue weighted by atomic mass is 14.4. The molecule has 0 heterocycles. The van der Waals surface area contributed by atoms with Crippen molar-refractivity contribution in [1.82, 2.24) is 0 Å². The molecule has 2 rings (SSSR count). The van der Waals surface area contributed by atoms with Gasteiger partial charge in [-0.3, -0.25) is 0 Å². The van der Waals surface area contributed by atoms with Crippen molar-refractivity contribution in [2.75, 3.05) is 0 Å². The van der Waals surface area contributed by atoms with Crippen LogP contribution in [0.2, 0.25) is 0 Å². The Morgan fingerprint density at radius 2 is 1.10 bits per heavy atom. The molecule has 116 valence electrons. The van der Waals surface area contributed by atoms with Crippen molar-refractivity contribution in [2.45, 2.75) is 71.1 Å². The number of hydrogen-bond donors (Lipinski definition) is 0. The minimum Gasteiger partial charge on any atom is -0.0845 e. The van der Waals surface area contributed by atoms with Gasteiger partial charge in [-0.25, -0.2) is 0 Å². The highest BCUT2D eigenvalue weighted by molar-refractivity contribution is 5.06. The topological polar surface area (TPSA) is 0 Å². The van der Waals surface area contributed by atoms with Gasteiger partial charge in [0.05, 0.1) is 0 Å². The van der Waals surface area contributed by atoms with Crippen molar-refractivity contribution < 1.29 is 0 Å². The summed E-state index contributed by atoms with van der Waals surface area (Å²) >= 11 is 0. The minimum absolute atomic E-state index is 0.540. The summed E-state index contributed by atoms with van der Waals surface area (Å²) < 4.78 is 0. The van der Waals surface area contributed by atoms with Gasteiger partial charge in [-0.05, 0) is 62.7 Å². The summed E-state index contributed by atoms with van der Waals surface area (Å²) in [6.07, 6.45) is 31.5. The Labute approximate surface area is 131 Å². The fraction of sp³-hybridized carbons (Fsp3) is 0.619. The quantitative estimate of drug-likeness (QED) is 0.499. The summed E-state index contributed by atoms with van der Waals surface area (Å²) in [6.45, 7) is 2.55. The number of allylic oxidation sites excluding steroid dienone is 8. The van der Waals surface area contributed by atoms with Gasteiger partial charge in [0.2, 0.25) is 0 Å². The molecular formula is C21H32. The molecule has 0 aromatic carbocycles. The van der Waals surface area contributed by atoms with Gasteiger partial charge in [0.25, 0.3) is 0 Å². The van der Waals surface area contributed by atoms with Gasteiger partial charge in [0, 0.05) is 0 Å². The van der Waals surface area contributed by atoms with E-state index < -0.39 is 0 Å². The summed E-state index contributed by atoms with van der Waals surface area (Å²) in [6, 6.07) is 0. The third-order valence-electron chi connectivity index (χ3n) is 5.37. The largest absolute Gasteiger partial charge is 0.0845 e. The fourth-order valence-electron chi connectivity index (χ4n) is 3.87. The molecule has 1 saturated carbocycles. The first-order chi connectivity index (χ1) is 10.3. The second kappa shape index (κ2) is 9.07. The van der Waals surface area contributed by atoms with Crippen molar-refractivity contribution in [1.29, 1.82) is 0 Å². The highest BCUT2D eigenvalue weighted by Gasteiger charge is 2.34. The van der Waals surface area contributed by atoms with E-state index in [4.69, 9.17) is 0 Å². The molecule has 0 aliphatic heterocycles. The summed E-state index contributed by atoms with van der Waals surface area (Å²) in [4.78, 5) is 0. The third kappa shape index (κ3) is 5.69. The van der Waals surface area contributed by atoms with Crippen LogP contribution in [0.25, 0.3) is 0 Å². The summed E-state index contributed by atoms with van der Waals surface area (Å²) in [7, 11) is 0. The zero-order valence-corrected chi connectivity index (χ0v) is 13.8. The Morgan fingerprint density at radius 1 is 0.667 bits per heavy atom. The van der Waals surface area contributed by atoms with Crippen LogP contribution >= 0.6 is 0 Å². The van der Waals surface area contributed by atoms with Crippen LogP contribution in [0.15, 0.2) is 48.6 Å². The SMILES string of the molecule is CC1(C2CCCC2)CC/C=C/C=C/CC/C=C/C=C/CC1. The maximum Gasteiger partial charge on any atom is -0.0292 e. The Kier molecular flexibility index (Phi) is 7.06. The average Bonchev–Trinajstić information content (AvgIpc) is 3.01. The van der Waals surface area contributed by atoms with Crippen molar-refractivity contribution in [3.05, 3.63) is 48.6 Å². The fourth-order valence-corrected chi connectivity index (χ4v) is 3.87. The van der Waals surface area contributed by atoms with E-state index in [1.54, 1.807) is 0 Å². The van der Waals surface area contributed by atoms with Crippen LogP contribution in [-0.4, -0.2) is 0 Å². The molecule has 0 atom stereocenters. The van der Waals surface area contributed by atoms with Crippen molar-refractivity contribution >= 4 is 0 Å². The van der Waals surface area contributed by atoms with E-state index in [1.807, 2.05) is 0 Å². The third-order valence-corrected chi connectivity index (χ3v) is 5.37. The zero-order chi connectivity index (χ0) is 14.8. The van der Waals surface area contributed by atoms with Crippen LogP contribution in [0, 0.1) is 11.3 Å². The maximum atomic E-state index is 2.55. The molecule has 2 aliphatic carbocycles. The van der Waals surface area contributed by atoms with E-state index in [9.17, 15) is 0 Å². The van der Waals surface area contributed by atoms with Crippen molar-refractivity contribution in [3.8, 4) is 0 Å². The first-order valence-electron chi connectivity index (χ1n) is 8.95. The monoisotopic (exact) mass is 284 g/mol. The highest BCUT2D eigenvalue weighted by Crippen LogP contribution is 2.46. The number of hydrogen-bond acceptors (Lipinski definition) is 0. The lowest BCUT2D eigenvalue weighted by Crippen LogP contribution is -2.25. The van der Waals surface area contributed by atoms with E-state index in [1.165, 1.54) is 51.4 Å². The van der Waals surface area contributed by atoms with Crippen LogP contribution < -0.4 is 0 Å². The molecule has 0 N–H and O–H groups in total. The lowest BCUT2D eigenvalue weighted by molar-refractivity contribution is 0.159. The van der Waals surface area contributed by atoms with Gasteiger partial charge in [0.15, 0.2) is 0 Å². The van der Waals surface area contributed by atoms with Gasteiger partial charge in [-0.15, -0.1) is 0 Å². The van der Waals surface area contributed by atoms with Gasteiger partial charge in [0.1, 0.15) is 0 Å². The van der Waals surface area contributed by atoms with E-state index >= 15 is 0 Å². The molecule has 0 nitrogen and oxygen atoms in total. The smallest absolute Gasteiger partial charge is 0.0292 e. The molecule has 2 aliphatic rings. The molecule has 0 heteroatoms.